The first kappa shape index (κ1) is 17.8. The Bertz CT molecular complexity index is 703. The molecule has 2 aromatic heterocycles. The Morgan fingerprint density at radius 3 is 2.76 bits per heavy atom. The zero-order valence-electron chi connectivity index (χ0n) is 14.6. The van der Waals surface area contributed by atoms with E-state index in [0.717, 1.165) is 25.9 Å². The number of thioether (sulfide) groups is 1. The standard InChI is InChI=1S/C18H24N4O2S/c1-3-10-22-16(15-9-8-13-24-15)19-20-18(22)25-14(2)17(23)21-11-6-4-5-7-12-21/h3,8-9,13-14H,1,4-7,10-12H2,2H3. The number of allylic oxidation sites excluding steroid dienone is 1. The van der Waals surface area contributed by atoms with Crippen molar-refractivity contribution in [2.24, 2.45) is 0 Å². The first-order valence-electron chi connectivity index (χ1n) is 8.74. The number of furan rings is 1. The number of amides is 1. The summed E-state index contributed by atoms with van der Waals surface area (Å²) in [7, 11) is 0. The molecule has 0 spiro atoms. The molecule has 1 aliphatic rings. The molecule has 1 aliphatic heterocycles. The topological polar surface area (TPSA) is 64.2 Å². The molecular formula is C18H24N4O2S. The number of carbonyl (C=O) groups excluding carboxylic acids is 1. The summed E-state index contributed by atoms with van der Waals surface area (Å²) in [6.45, 7) is 8.04. The van der Waals surface area contributed by atoms with Crippen LogP contribution in [0.1, 0.15) is 32.6 Å². The predicted molar refractivity (Wildman–Crippen MR) is 98.3 cm³/mol. The molecule has 6 nitrogen and oxygen atoms in total. The van der Waals surface area contributed by atoms with Gasteiger partial charge in [-0.05, 0) is 31.9 Å². The summed E-state index contributed by atoms with van der Waals surface area (Å²) in [5, 5.41) is 9.03. The van der Waals surface area contributed by atoms with E-state index in [-0.39, 0.29) is 11.2 Å². The van der Waals surface area contributed by atoms with Crippen LogP contribution in [0.3, 0.4) is 0 Å². The van der Waals surface area contributed by atoms with E-state index < -0.39 is 0 Å². The van der Waals surface area contributed by atoms with Crippen molar-refractivity contribution in [3.63, 3.8) is 0 Å². The third-order valence-corrected chi connectivity index (χ3v) is 5.39. The zero-order valence-corrected chi connectivity index (χ0v) is 15.4. The summed E-state index contributed by atoms with van der Waals surface area (Å²) in [5.74, 6) is 1.49. The minimum absolute atomic E-state index is 0.180. The molecule has 1 amide bonds. The molecule has 134 valence electrons. The first-order chi connectivity index (χ1) is 12.2. The van der Waals surface area contributed by atoms with Crippen LogP contribution in [0, 0.1) is 0 Å². The maximum atomic E-state index is 12.8. The third-order valence-electron chi connectivity index (χ3n) is 4.32. The average molecular weight is 360 g/mol. The van der Waals surface area contributed by atoms with Gasteiger partial charge in [0.2, 0.25) is 11.7 Å². The number of hydrogen-bond acceptors (Lipinski definition) is 5. The van der Waals surface area contributed by atoms with E-state index in [9.17, 15) is 4.79 Å². The third kappa shape index (κ3) is 4.15. The van der Waals surface area contributed by atoms with Crippen LogP contribution in [0.25, 0.3) is 11.6 Å². The summed E-state index contributed by atoms with van der Waals surface area (Å²) in [5.41, 5.74) is 0. The molecular weight excluding hydrogens is 336 g/mol. The van der Waals surface area contributed by atoms with Crippen LogP contribution in [0.2, 0.25) is 0 Å². The molecule has 0 saturated carbocycles. The Kier molecular flexibility index (Phi) is 5.96. The monoisotopic (exact) mass is 360 g/mol. The lowest BCUT2D eigenvalue weighted by Gasteiger charge is -2.23. The number of likely N-dealkylation sites (tertiary alicyclic amines) is 1. The quantitative estimate of drug-likeness (QED) is 0.582. The van der Waals surface area contributed by atoms with Gasteiger partial charge in [-0.3, -0.25) is 9.36 Å². The van der Waals surface area contributed by atoms with Crippen molar-refractivity contribution in [2.75, 3.05) is 13.1 Å². The Hall–Kier alpha value is -2.02. The van der Waals surface area contributed by atoms with Gasteiger partial charge in [0.25, 0.3) is 0 Å². The van der Waals surface area contributed by atoms with Crippen LogP contribution in [-0.4, -0.2) is 43.9 Å². The molecule has 0 radical (unpaired) electrons. The van der Waals surface area contributed by atoms with Crippen LogP contribution >= 0.6 is 11.8 Å². The number of rotatable bonds is 6. The average Bonchev–Trinajstić information content (AvgIpc) is 3.18. The molecule has 1 saturated heterocycles. The smallest absolute Gasteiger partial charge is 0.235 e. The highest BCUT2D eigenvalue weighted by atomic mass is 32.2. The molecule has 25 heavy (non-hydrogen) atoms. The number of aromatic nitrogens is 3. The van der Waals surface area contributed by atoms with Crippen molar-refractivity contribution in [1.82, 2.24) is 19.7 Å². The maximum Gasteiger partial charge on any atom is 0.235 e. The molecule has 1 unspecified atom stereocenters. The fourth-order valence-electron chi connectivity index (χ4n) is 3.01. The van der Waals surface area contributed by atoms with Crippen LogP contribution in [0.15, 0.2) is 40.6 Å². The largest absolute Gasteiger partial charge is 0.461 e. The lowest BCUT2D eigenvalue weighted by molar-refractivity contribution is -0.130. The Labute approximate surface area is 152 Å². The Balaban J connectivity index is 1.75. The van der Waals surface area contributed by atoms with E-state index in [2.05, 4.69) is 16.8 Å². The molecule has 0 aromatic carbocycles. The van der Waals surface area contributed by atoms with E-state index in [4.69, 9.17) is 4.42 Å². The van der Waals surface area contributed by atoms with Gasteiger partial charge >= 0.3 is 0 Å². The maximum absolute atomic E-state index is 12.8. The van der Waals surface area contributed by atoms with Crippen LogP contribution in [-0.2, 0) is 11.3 Å². The first-order valence-corrected chi connectivity index (χ1v) is 9.62. The van der Waals surface area contributed by atoms with E-state index in [0.29, 0.717) is 23.3 Å². The van der Waals surface area contributed by atoms with Crippen molar-refractivity contribution in [1.29, 1.82) is 0 Å². The lowest BCUT2D eigenvalue weighted by atomic mass is 10.2. The second-order valence-corrected chi connectivity index (χ2v) is 7.49. The van der Waals surface area contributed by atoms with Gasteiger partial charge in [0.05, 0.1) is 11.5 Å². The van der Waals surface area contributed by atoms with Gasteiger partial charge in [0.15, 0.2) is 10.9 Å². The summed E-state index contributed by atoms with van der Waals surface area (Å²) in [6, 6.07) is 3.67. The summed E-state index contributed by atoms with van der Waals surface area (Å²) < 4.78 is 7.37. The predicted octanol–water partition coefficient (Wildman–Crippen LogP) is 3.61. The van der Waals surface area contributed by atoms with Crippen molar-refractivity contribution in [3.05, 3.63) is 31.1 Å². The van der Waals surface area contributed by atoms with E-state index in [1.165, 1.54) is 24.6 Å². The molecule has 3 rings (SSSR count). The van der Waals surface area contributed by atoms with Crippen molar-refractivity contribution in [3.8, 4) is 11.6 Å². The molecule has 3 heterocycles. The summed E-state index contributed by atoms with van der Waals surface area (Å²) in [4.78, 5) is 14.8. The van der Waals surface area contributed by atoms with Crippen molar-refractivity contribution >= 4 is 17.7 Å². The second-order valence-electron chi connectivity index (χ2n) is 6.18. The van der Waals surface area contributed by atoms with E-state index in [1.54, 1.807) is 12.3 Å². The van der Waals surface area contributed by atoms with E-state index >= 15 is 0 Å². The van der Waals surface area contributed by atoms with Gasteiger partial charge in [-0.25, -0.2) is 0 Å². The second kappa shape index (κ2) is 8.38. The minimum Gasteiger partial charge on any atom is -0.461 e. The molecule has 1 atom stereocenters. The van der Waals surface area contributed by atoms with Gasteiger partial charge in [-0.15, -0.1) is 16.8 Å². The van der Waals surface area contributed by atoms with E-state index in [1.807, 2.05) is 28.5 Å². The Morgan fingerprint density at radius 2 is 2.12 bits per heavy atom. The highest BCUT2D eigenvalue weighted by Gasteiger charge is 2.25. The van der Waals surface area contributed by atoms with Crippen molar-refractivity contribution in [2.45, 2.75) is 49.6 Å². The molecule has 0 bridgehead atoms. The number of carbonyl (C=O) groups is 1. The lowest BCUT2D eigenvalue weighted by Crippen LogP contribution is -2.37. The summed E-state index contributed by atoms with van der Waals surface area (Å²) >= 11 is 1.45. The van der Waals surface area contributed by atoms with Gasteiger partial charge in [0, 0.05) is 19.6 Å². The van der Waals surface area contributed by atoms with Gasteiger partial charge in [0.1, 0.15) is 0 Å². The molecule has 1 fully saturated rings. The highest BCUT2D eigenvalue weighted by molar-refractivity contribution is 8.00. The minimum atomic E-state index is -0.199. The normalized spacial score (nSPS) is 16.4. The SMILES string of the molecule is C=CCn1c(SC(C)C(=O)N2CCCCCC2)nnc1-c1ccco1. The summed E-state index contributed by atoms with van der Waals surface area (Å²) in [6.07, 6.45) is 8.02. The van der Waals surface area contributed by atoms with Gasteiger partial charge < -0.3 is 9.32 Å². The van der Waals surface area contributed by atoms with Crippen LogP contribution in [0.5, 0.6) is 0 Å². The van der Waals surface area contributed by atoms with Crippen molar-refractivity contribution < 1.29 is 9.21 Å². The van der Waals surface area contributed by atoms with Gasteiger partial charge in [-0.1, -0.05) is 30.7 Å². The van der Waals surface area contributed by atoms with Crippen LogP contribution in [0.4, 0.5) is 0 Å². The fraction of sp³-hybridized carbons (Fsp3) is 0.500. The highest BCUT2D eigenvalue weighted by Crippen LogP contribution is 2.28. The fourth-order valence-corrected chi connectivity index (χ4v) is 3.96. The Morgan fingerprint density at radius 1 is 1.36 bits per heavy atom. The number of hydrogen-bond donors (Lipinski definition) is 0. The zero-order chi connectivity index (χ0) is 17.6. The number of nitrogens with zero attached hydrogens (tertiary/aromatic N) is 4. The molecule has 0 N–H and O–H groups in total. The van der Waals surface area contributed by atoms with Gasteiger partial charge in [-0.2, -0.15) is 0 Å². The molecule has 2 aromatic rings. The molecule has 0 aliphatic carbocycles. The molecule has 7 heteroatoms. The van der Waals surface area contributed by atoms with Crippen LogP contribution < -0.4 is 0 Å².